The molecule has 0 amide bonds. The molecule has 0 aliphatic rings. The molecule has 20 heavy (non-hydrogen) atoms. The number of aliphatic hydroxyl groups is 1. The highest BCUT2D eigenvalue weighted by atomic mass is 16.5. The van der Waals surface area contributed by atoms with Crippen LogP contribution in [0.15, 0.2) is 54.6 Å². The van der Waals surface area contributed by atoms with Crippen LogP contribution in [0.3, 0.4) is 0 Å². The molecule has 2 atom stereocenters. The first-order valence-corrected chi connectivity index (χ1v) is 6.59. The molecule has 2 unspecified atom stereocenters. The molecule has 2 aromatic rings. The van der Waals surface area contributed by atoms with E-state index in [0.29, 0.717) is 0 Å². The molecule has 0 saturated heterocycles. The smallest absolute Gasteiger partial charge is 0.118 e. The normalized spacial score (nSPS) is 12.9. The summed E-state index contributed by atoms with van der Waals surface area (Å²) in [5.74, 6) is 6.82. The van der Waals surface area contributed by atoms with E-state index in [0.717, 1.165) is 16.9 Å². The Morgan fingerprint density at radius 2 is 1.65 bits per heavy atom. The van der Waals surface area contributed by atoms with Gasteiger partial charge in [-0.05, 0) is 36.8 Å². The van der Waals surface area contributed by atoms with Gasteiger partial charge in [0.2, 0.25) is 0 Å². The van der Waals surface area contributed by atoms with Crippen molar-refractivity contribution in [1.82, 2.24) is 0 Å². The minimum Gasteiger partial charge on any atom is -0.497 e. The summed E-state index contributed by atoms with van der Waals surface area (Å²) in [6.07, 6.45) is -0.600. The fraction of sp³-hybridized carbons (Fsp3) is 0.222. The first kappa shape index (κ1) is 14.2. The van der Waals surface area contributed by atoms with Crippen LogP contribution in [0.1, 0.15) is 24.2 Å². The van der Waals surface area contributed by atoms with Crippen molar-refractivity contribution in [3.8, 4) is 17.6 Å². The minimum absolute atomic E-state index is 0.136. The van der Waals surface area contributed by atoms with Crippen LogP contribution in [0.2, 0.25) is 0 Å². The SMILES string of the molecule is COc1ccc(C(O)C(C)C#Cc2ccccc2)cc1. The highest BCUT2D eigenvalue weighted by Crippen LogP contribution is 2.23. The van der Waals surface area contributed by atoms with E-state index in [1.807, 2.05) is 61.5 Å². The Morgan fingerprint density at radius 1 is 1.00 bits per heavy atom. The molecule has 0 fully saturated rings. The van der Waals surface area contributed by atoms with Gasteiger partial charge in [-0.15, -0.1) is 0 Å². The van der Waals surface area contributed by atoms with Crippen molar-refractivity contribution < 1.29 is 9.84 Å². The van der Waals surface area contributed by atoms with E-state index < -0.39 is 6.10 Å². The van der Waals surface area contributed by atoms with Gasteiger partial charge >= 0.3 is 0 Å². The van der Waals surface area contributed by atoms with E-state index in [1.165, 1.54) is 0 Å². The van der Waals surface area contributed by atoms with Crippen LogP contribution in [0.4, 0.5) is 0 Å². The van der Waals surface area contributed by atoms with E-state index in [4.69, 9.17) is 4.74 Å². The Kier molecular flexibility index (Phi) is 4.81. The van der Waals surface area contributed by atoms with E-state index in [2.05, 4.69) is 11.8 Å². The standard InChI is InChI=1S/C18H18O2/c1-14(8-9-15-6-4-3-5-7-15)18(19)16-10-12-17(20-2)13-11-16/h3-7,10-14,18-19H,1-2H3. The van der Waals surface area contributed by atoms with Crippen LogP contribution in [0.25, 0.3) is 0 Å². The second-order valence-electron chi connectivity index (χ2n) is 4.64. The average molecular weight is 266 g/mol. The van der Waals surface area contributed by atoms with Gasteiger partial charge in [-0.25, -0.2) is 0 Å². The maximum Gasteiger partial charge on any atom is 0.118 e. The van der Waals surface area contributed by atoms with Crippen molar-refractivity contribution in [2.75, 3.05) is 7.11 Å². The minimum atomic E-state index is -0.600. The third-order valence-electron chi connectivity index (χ3n) is 3.15. The van der Waals surface area contributed by atoms with Gasteiger partial charge in [0, 0.05) is 11.5 Å². The third kappa shape index (κ3) is 3.63. The molecule has 0 radical (unpaired) electrons. The fourth-order valence-corrected chi connectivity index (χ4v) is 1.89. The molecule has 102 valence electrons. The Bertz CT molecular complexity index is 591. The molecule has 0 spiro atoms. The second kappa shape index (κ2) is 6.79. The lowest BCUT2D eigenvalue weighted by Gasteiger charge is -2.14. The molecule has 2 aromatic carbocycles. The largest absolute Gasteiger partial charge is 0.497 e. The molecular weight excluding hydrogens is 248 g/mol. The Labute approximate surface area is 120 Å². The van der Waals surface area contributed by atoms with E-state index in [9.17, 15) is 5.11 Å². The monoisotopic (exact) mass is 266 g/mol. The van der Waals surface area contributed by atoms with Crippen molar-refractivity contribution in [1.29, 1.82) is 0 Å². The zero-order valence-corrected chi connectivity index (χ0v) is 11.7. The number of rotatable bonds is 3. The van der Waals surface area contributed by atoms with Gasteiger partial charge in [0.05, 0.1) is 13.2 Å². The molecular formula is C18H18O2. The number of benzene rings is 2. The Balaban J connectivity index is 2.08. The van der Waals surface area contributed by atoms with Crippen LogP contribution < -0.4 is 4.74 Å². The van der Waals surface area contributed by atoms with E-state index >= 15 is 0 Å². The summed E-state index contributed by atoms with van der Waals surface area (Å²) in [6.45, 7) is 1.92. The lowest BCUT2D eigenvalue weighted by atomic mass is 9.97. The van der Waals surface area contributed by atoms with Crippen molar-refractivity contribution >= 4 is 0 Å². The van der Waals surface area contributed by atoms with Crippen molar-refractivity contribution in [2.24, 2.45) is 5.92 Å². The molecule has 2 heteroatoms. The van der Waals surface area contributed by atoms with Crippen LogP contribution in [-0.2, 0) is 0 Å². The Morgan fingerprint density at radius 3 is 2.25 bits per heavy atom. The van der Waals surface area contributed by atoms with Gasteiger partial charge in [0.15, 0.2) is 0 Å². The predicted molar refractivity (Wildman–Crippen MR) is 80.4 cm³/mol. The lowest BCUT2D eigenvalue weighted by Crippen LogP contribution is -2.07. The van der Waals surface area contributed by atoms with Crippen molar-refractivity contribution in [3.05, 3.63) is 65.7 Å². The van der Waals surface area contributed by atoms with Crippen molar-refractivity contribution in [2.45, 2.75) is 13.0 Å². The molecule has 2 nitrogen and oxygen atoms in total. The predicted octanol–water partition coefficient (Wildman–Crippen LogP) is 3.42. The van der Waals surface area contributed by atoms with E-state index in [1.54, 1.807) is 7.11 Å². The summed E-state index contributed by atoms with van der Waals surface area (Å²) in [6, 6.07) is 17.2. The number of aliphatic hydroxyl groups excluding tert-OH is 1. The molecule has 0 aromatic heterocycles. The summed E-state index contributed by atoms with van der Waals surface area (Å²) < 4.78 is 5.11. The van der Waals surface area contributed by atoms with Crippen LogP contribution in [-0.4, -0.2) is 12.2 Å². The zero-order valence-electron chi connectivity index (χ0n) is 11.7. The van der Waals surface area contributed by atoms with Crippen LogP contribution >= 0.6 is 0 Å². The third-order valence-corrected chi connectivity index (χ3v) is 3.15. The van der Waals surface area contributed by atoms with Gasteiger partial charge in [-0.3, -0.25) is 0 Å². The second-order valence-corrected chi connectivity index (χ2v) is 4.64. The maximum absolute atomic E-state index is 10.3. The Hall–Kier alpha value is -2.24. The highest BCUT2D eigenvalue weighted by Gasteiger charge is 2.14. The summed E-state index contributed by atoms with van der Waals surface area (Å²) >= 11 is 0. The van der Waals surface area contributed by atoms with Gasteiger partial charge in [-0.1, -0.05) is 42.2 Å². The molecule has 1 N–H and O–H groups in total. The quantitative estimate of drug-likeness (QED) is 0.863. The summed E-state index contributed by atoms with van der Waals surface area (Å²) in [7, 11) is 1.62. The average Bonchev–Trinajstić information content (AvgIpc) is 2.53. The molecule has 0 heterocycles. The molecule has 0 aliphatic carbocycles. The van der Waals surface area contributed by atoms with Crippen LogP contribution in [0, 0.1) is 17.8 Å². The molecule has 2 rings (SSSR count). The van der Waals surface area contributed by atoms with E-state index in [-0.39, 0.29) is 5.92 Å². The maximum atomic E-state index is 10.3. The molecule has 0 bridgehead atoms. The first-order chi connectivity index (χ1) is 9.70. The highest BCUT2D eigenvalue weighted by molar-refractivity contribution is 5.35. The molecule has 0 aliphatic heterocycles. The lowest BCUT2D eigenvalue weighted by molar-refractivity contribution is 0.143. The van der Waals surface area contributed by atoms with Gasteiger partial charge < -0.3 is 9.84 Å². The summed E-state index contributed by atoms with van der Waals surface area (Å²) in [4.78, 5) is 0. The van der Waals surface area contributed by atoms with Gasteiger partial charge in [-0.2, -0.15) is 0 Å². The number of hydrogen-bond donors (Lipinski definition) is 1. The fourth-order valence-electron chi connectivity index (χ4n) is 1.89. The number of ether oxygens (including phenoxy) is 1. The first-order valence-electron chi connectivity index (χ1n) is 6.59. The number of hydrogen-bond acceptors (Lipinski definition) is 2. The molecule has 0 saturated carbocycles. The van der Waals surface area contributed by atoms with Crippen LogP contribution in [0.5, 0.6) is 5.75 Å². The zero-order chi connectivity index (χ0) is 14.4. The van der Waals surface area contributed by atoms with Crippen molar-refractivity contribution in [3.63, 3.8) is 0 Å². The topological polar surface area (TPSA) is 29.5 Å². The summed E-state index contributed by atoms with van der Waals surface area (Å²) in [5.41, 5.74) is 1.81. The number of methoxy groups -OCH3 is 1. The van der Waals surface area contributed by atoms with Gasteiger partial charge in [0.1, 0.15) is 5.75 Å². The summed E-state index contributed by atoms with van der Waals surface area (Å²) in [5, 5.41) is 10.3. The van der Waals surface area contributed by atoms with Gasteiger partial charge in [0.25, 0.3) is 0 Å².